The molecule has 0 aromatic carbocycles. The number of ether oxygens (including phenoxy) is 1. The van der Waals surface area contributed by atoms with Crippen molar-refractivity contribution in [2.45, 2.75) is 30.5 Å². The Morgan fingerprint density at radius 3 is 2.58 bits per heavy atom. The van der Waals surface area contributed by atoms with E-state index >= 15 is 0 Å². The SMILES string of the molecule is CC[C@H](C)[C@@H](NS(=O)(=O)c1ccc(Br)s1)C(=O)OC. The van der Waals surface area contributed by atoms with Crippen molar-refractivity contribution < 1.29 is 17.9 Å². The normalized spacial score (nSPS) is 14.9. The van der Waals surface area contributed by atoms with E-state index in [1.807, 2.05) is 6.92 Å². The molecule has 0 saturated heterocycles. The lowest BCUT2D eigenvalue weighted by Crippen LogP contribution is -2.45. The zero-order chi connectivity index (χ0) is 14.6. The average Bonchev–Trinajstić information content (AvgIpc) is 2.81. The molecule has 2 atom stereocenters. The van der Waals surface area contributed by atoms with Crippen LogP contribution < -0.4 is 4.72 Å². The number of carbonyl (C=O) groups excluding carboxylic acids is 1. The van der Waals surface area contributed by atoms with E-state index in [-0.39, 0.29) is 10.1 Å². The van der Waals surface area contributed by atoms with Gasteiger partial charge in [0.05, 0.1) is 10.9 Å². The molecule has 0 unspecified atom stereocenters. The summed E-state index contributed by atoms with van der Waals surface area (Å²) in [6.45, 7) is 3.69. The van der Waals surface area contributed by atoms with Crippen LogP contribution in [0.25, 0.3) is 0 Å². The van der Waals surface area contributed by atoms with Gasteiger partial charge in [-0.25, -0.2) is 8.42 Å². The second-order valence-corrected chi connectivity index (χ2v) is 8.47. The molecule has 0 fully saturated rings. The summed E-state index contributed by atoms with van der Waals surface area (Å²) in [6.07, 6.45) is 0.663. The molecule has 1 aromatic heterocycles. The Labute approximate surface area is 125 Å². The quantitative estimate of drug-likeness (QED) is 0.781. The van der Waals surface area contributed by atoms with E-state index in [1.54, 1.807) is 13.0 Å². The molecule has 108 valence electrons. The highest BCUT2D eigenvalue weighted by Crippen LogP contribution is 2.26. The van der Waals surface area contributed by atoms with Crippen molar-refractivity contribution in [3.05, 3.63) is 15.9 Å². The van der Waals surface area contributed by atoms with Crippen molar-refractivity contribution in [3.63, 3.8) is 0 Å². The fourth-order valence-corrected chi connectivity index (χ4v) is 4.75. The first kappa shape index (κ1) is 16.6. The molecule has 0 aliphatic carbocycles. The fraction of sp³-hybridized carbons (Fsp3) is 0.545. The van der Waals surface area contributed by atoms with Crippen LogP contribution in [-0.4, -0.2) is 27.5 Å². The molecule has 0 aliphatic heterocycles. The van der Waals surface area contributed by atoms with Crippen LogP contribution in [-0.2, 0) is 19.6 Å². The average molecular weight is 370 g/mol. The summed E-state index contributed by atoms with van der Waals surface area (Å²) in [6, 6.07) is 2.26. The third-order valence-electron chi connectivity index (χ3n) is 2.76. The van der Waals surface area contributed by atoms with Crippen LogP contribution in [0.1, 0.15) is 20.3 Å². The van der Waals surface area contributed by atoms with Crippen LogP contribution in [0.2, 0.25) is 0 Å². The summed E-state index contributed by atoms with van der Waals surface area (Å²) in [5.41, 5.74) is 0. The van der Waals surface area contributed by atoms with Gasteiger partial charge < -0.3 is 4.74 Å². The molecule has 0 saturated carbocycles. The van der Waals surface area contributed by atoms with E-state index in [0.29, 0.717) is 10.2 Å². The molecule has 1 N–H and O–H groups in total. The third kappa shape index (κ3) is 4.27. The van der Waals surface area contributed by atoms with Gasteiger partial charge >= 0.3 is 5.97 Å². The van der Waals surface area contributed by atoms with E-state index in [1.165, 1.54) is 13.2 Å². The van der Waals surface area contributed by atoms with Gasteiger partial charge in [0.15, 0.2) is 0 Å². The summed E-state index contributed by atoms with van der Waals surface area (Å²) in [7, 11) is -2.47. The highest BCUT2D eigenvalue weighted by Gasteiger charge is 2.30. The highest BCUT2D eigenvalue weighted by molar-refractivity contribution is 9.11. The lowest BCUT2D eigenvalue weighted by Gasteiger charge is -2.21. The molecule has 0 amide bonds. The number of thiophene rings is 1. The van der Waals surface area contributed by atoms with Crippen LogP contribution in [0.4, 0.5) is 0 Å². The molecule has 5 nitrogen and oxygen atoms in total. The summed E-state index contributed by atoms with van der Waals surface area (Å²) < 4.78 is 32.3. The topological polar surface area (TPSA) is 72.5 Å². The van der Waals surface area contributed by atoms with Gasteiger partial charge in [0.25, 0.3) is 10.0 Å². The zero-order valence-corrected chi connectivity index (χ0v) is 14.1. The highest BCUT2D eigenvalue weighted by atomic mass is 79.9. The predicted molar refractivity (Wildman–Crippen MR) is 77.6 cm³/mol. The molecule has 0 spiro atoms. The monoisotopic (exact) mass is 369 g/mol. The Balaban J connectivity index is 2.98. The molecule has 0 aliphatic rings. The van der Waals surface area contributed by atoms with Gasteiger partial charge in [-0.3, -0.25) is 4.79 Å². The van der Waals surface area contributed by atoms with Gasteiger partial charge in [0.1, 0.15) is 10.3 Å². The number of sulfonamides is 1. The van der Waals surface area contributed by atoms with Gasteiger partial charge in [0.2, 0.25) is 0 Å². The number of esters is 1. The number of rotatable bonds is 6. The summed E-state index contributed by atoms with van der Waals surface area (Å²) in [5.74, 6) is -0.723. The van der Waals surface area contributed by atoms with E-state index in [0.717, 1.165) is 11.3 Å². The van der Waals surface area contributed by atoms with Crippen LogP contribution in [0.5, 0.6) is 0 Å². The van der Waals surface area contributed by atoms with E-state index in [4.69, 9.17) is 0 Å². The van der Waals surface area contributed by atoms with Crippen LogP contribution in [0.15, 0.2) is 20.1 Å². The standard InChI is InChI=1S/C11H16BrNO4S2/c1-4-7(2)10(11(14)17-3)13-19(15,16)9-6-5-8(12)18-9/h5-7,10,13H,4H2,1-3H3/t7-,10+/m0/s1. The molecule has 1 aromatic rings. The first-order valence-electron chi connectivity index (χ1n) is 5.67. The van der Waals surface area contributed by atoms with Gasteiger partial charge in [-0.2, -0.15) is 4.72 Å². The molecular formula is C11H16BrNO4S2. The number of carbonyl (C=O) groups is 1. The van der Waals surface area contributed by atoms with Crippen LogP contribution in [0, 0.1) is 5.92 Å². The second kappa shape index (κ2) is 6.83. The summed E-state index contributed by atoms with van der Waals surface area (Å²) in [5, 5.41) is 0. The van der Waals surface area contributed by atoms with Gasteiger partial charge in [-0.15, -0.1) is 11.3 Å². The number of hydrogen-bond donors (Lipinski definition) is 1. The first-order valence-corrected chi connectivity index (χ1v) is 8.76. The van der Waals surface area contributed by atoms with Gasteiger partial charge in [0, 0.05) is 0 Å². The smallest absolute Gasteiger partial charge is 0.324 e. The van der Waals surface area contributed by atoms with E-state index in [9.17, 15) is 13.2 Å². The minimum absolute atomic E-state index is 0.148. The number of methoxy groups -OCH3 is 1. The molecule has 19 heavy (non-hydrogen) atoms. The first-order chi connectivity index (χ1) is 8.81. The Bertz CT molecular complexity index is 541. The van der Waals surface area contributed by atoms with Crippen molar-refractivity contribution in [1.82, 2.24) is 4.72 Å². The zero-order valence-electron chi connectivity index (χ0n) is 10.8. The molecule has 0 bridgehead atoms. The molecule has 1 rings (SSSR count). The lowest BCUT2D eigenvalue weighted by molar-refractivity contribution is -0.143. The molecule has 0 radical (unpaired) electrons. The van der Waals surface area contributed by atoms with Crippen LogP contribution >= 0.6 is 27.3 Å². The third-order valence-corrected chi connectivity index (χ3v) is 6.32. The lowest BCUT2D eigenvalue weighted by atomic mass is 10.0. The second-order valence-electron chi connectivity index (χ2n) is 4.07. The molecule has 8 heteroatoms. The predicted octanol–water partition coefficient (Wildman–Crippen LogP) is 2.38. The minimum Gasteiger partial charge on any atom is -0.468 e. The fourth-order valence-electron chi connectivity index (χ4n) is 1.43. The Morgan fingerprint density at radius 1 is 1.53 bits per heavy atom. The number of hydrogen-bond acceptors (Lipinski definition) is 5. The van der Waals surface area contributed by atoms with E-state index in [2.05, 4.69) is 25.4 Å². The van der Waals surface area contributed by atoms with Crippen molar-refractivity contribution >= 4 is 43.3 Å². The van der Waals surface area contributed by atoms with Crippen molar-refractivity contribution in [2.24, 2.45) is 5.92 Å². The maximum atomic E-state index is 12.2. The molecule has 1 heterocycles. The maximum Gasteiger partial charge on any atom is 0.324 e. The Hall–Kier alpha value is -0.440. The van der Waals surface area contributed by atoms with Crippen molar-refractivity contribution in [2.75, 3.05) is 7.11 Å². The van der Waals surface area contributed by atoms with Crippen molar-refractivity contribution in [1.29, 1.82) is 0 Å². The van der Waals surface area contributed by atoms with Crippen LogP contribution in [0.3, 0.4) is 0 Å². The van der Waals surface area contributed by atoms with Gasteiger partial charge in [-0.1, -0.05) is 20.3 Å². The Morgan fingerprint density at radius 2 is 2.16 bits per heavy atom. The van der Waals surface area contributed by atoms with E-state index < -0.39 is 22.0 Å². The number of nitrogens with one attached hydrogen (secondary N) is 1. The van der Waals surface area contributed by atoms with Gasteiger partial charge in [-0.05, 0) is 34.0 Å². The minimum atomic E-state index is -3.71. The largest absolute Gasteiger partial charge is 0.468 e. The summed E-state index contributed by atoms with van der Waals surface area (Å²) in [4.78, 5) is 11.7. The maximum absolute atomic E-state index is 12.2. The number of halogens is 1. The Kier molecular flexibility index (Phi) is 5.97. The molecular weight excluding hydrogens is 354 g/mol. The van der Waals surface area contributed by atoms with Crippen molar-refractivity contribution in [3.8, 4) is 0 Å². The summed E-state index contributed by atoms with van der Waals surface area (Å²) >= 11 is 4.30.